The fourth-order valence-corrected chi connectivity index (χ4v) is 7.52. The first-order chi connectivity index (χ1) is 18.3. The molecule has 0 bridgehead atoms. The number of fused-ring (bicyclic) bond motifs is 1. The van der Waals surface area contributed by atoms with E-state index in [2.05, 4.69) is 4.90 Å². The van der Waals surface area contributed by atoms with Gasteiger partial charge in [-0.05, 0) is 74.3 Å². The zero-order valence-corrected chi connectivity index (χ0v) is 23.3. The number of carbonyl (C=O) groups excluding carboxylic acids is 2. The van der Waals surface area contributed by atoms with Crippen LogP contribution in [-0.4, -0.2) is 110 Å². The molecule has 5 rings (SSSR count). The third-order valence-electron chi connectivity index (χ3n) is 7.92. The normalized spacial score (nSPS) is 22.1. The first-order valence-electron chi connectivity index (χ1n) is 13.4. The second-order valence-electron chi connectivity index (χ2n) is 10.3. The molecule has 0 spiro atoms. The standard InChI is InChI=1S/C27H35ClN4O5S/c1-20(26(33)30-14-16-37-17-15-30)31-11-8-25(27(31)34)32(13-12-29-9-2-3-10-29)38(35,36)24-7-5-21-18-23(28)6-4-22(21)19-24/h4-7,18-20,25H,2-3,8-17H2,1H3/t20-,25-/m0/s1. The lowest BCUT2D eigenvalue weighted by Crippen LogP contribution is -2.53. The lowest BCUT2D eigenvalue weighted by Gasteiger charge is -2.33. The molecule has 0 aromatic heterocycles. The van der Waals surface area contributed by atoms with E-state index in [1.165, 1.54) is 4.31 Å². The number of nitrogens with zero attached hydrogens (tertiary/aromatic N) is 4. The van der Waals surface area contributed by atoms with Gasteiger partial charge in [0.15, 0.2) is 0 Å². The topological polar surface area (TPSA) is 90.5 Å². The van der Waals surface area contributed by atoms with Gasteiger partial charge in [-0.3, -0.25) is 9.59 Å². The van der Waals surface area contributed by atoms with Gasteiger partial charge in [-0.1, -0.05) is 23.7 Å². The fraction of sp³-hybridized carbons (Fsp3) is 0.556. The minimum Gasteiger partial charge on any atom is -0.378 e. The van der Waals surface area contributed by atoms with Crippen LogP contribution >= 0.6 is 11.6 Å². The Balaban J connectivity index is 1.40. The van der Waals surface area contributed by atoms with Gasteiger partial charge in [-0.25, -0.2) is 8.42 Å². The molecule has 3 saturated heterocycles. The van der Waals surface area contributed by atoms with Crippen molar-refractivity contribution < 1.29 is 22.7 Å². The molecule has 0 unspecified atom stereocenters. The lowest BCUT2D eigenvalue weighted by atomic mass is 10.1. The number of hydrogen-bond acceptors (Lipinski definition) is 6. The van der Waals surface area contributed by atoms with E-state index < -0.39 is 22.1 Å². The molecule has 0 radical (unpaired) electrons. The van der Waals surface area contributed by atoms with Crippen molar-refractivity contribution >= 4 is 44.2 Å². The average molecular weight is 563 g/mol. The monoisotopic (exact) mass is 562 g/mol. The molecule has 3 aliphatic rings. The molecule has 3 aliphatic heterocycles. The van der Waals surface area contributed by atoms with Gasteiger partial charge in [-0.15, -0.1) is 0 Å². The van der Waals surface area contributed by atoms with E-state index in [1.807, 2.05) is 0 Å². The molecule has 0 aliphatic carbocycles. The van der Waals surface area contributed by atoms with Crippen LogP contribution in [0.15, 0.2) is 41.3 Å². The van der Waals surface area contributed by atoms with Crippen LogP contribution in [0.4, 0.5) is 0 Å². The quantitative estimate of drug-likeness (QED) is 0.491. The molecule has 3 heterocycles. The number of likely N-dealkylation sites (tertiary alicyclic amines) is 2. The molecule has 38 heavy (non-hydrogen) atoms. The predicted octanol–water partition coefficient (Wildman–Crippen LogP) is 2.43. The van der Waals surface area contributed by atoms with Crippen LogP contribution in [-0.2, 0) is 24.3 Å². The van der Waals surface area contributed by atoms with Crippen molar-refractivity contribution in [2.24, 2.45) is 0 Å². The zero-order valence-electron chi connectivity index (χ0n) is 21.7. The Morgan fingerprint density at radius 1 is 1.05 bits per heavy atom. The number of amides is 2. The van der Waals surface area contributed by atoms with Crippen molar-refractivity contribution in [2.75, 3.05) is 59.0 Å². The minimum atomic E-state index is -3.99. The molecule has 0 N–H and O–H groups in total. The van der Waals surface area contributed by atoms with Crippen molar-refractivity contribution in [3.05, 3.63) is 41.4 Å². The van der Waals surface area contributed by atoms with Crippen LogP contribution in [0.2, 0.25) is 5.02 Å². The summed E-state index contributed by atoms with van der Waals surface area (Å²) in [5.41, 5.74) is 0. The van der Waals surface area contributed by atoms with Crippen LogP contribution < -0.4 is 0 Å². The SMILES string of the molecule is C[C@@H](C(=O)N1CCOCC1)N1CC[C@H](N(CCN2CCCC2)S(=O)(=O)c2ccc3cc(Cl)ccc3c2)C1=O. The van der Waals surface area contributed by atoms with E-state index in [0.717, 1.165) is 36.7 Å². The third-order valence-corrected chi connectivity index (χ3v) is 10.1. The van der Waals surface area contributed by atoms with Crippen LogP contribution in [0.25, 0.3) is 10.8 Å². The summed E-state index contributed by atoms with van der Waals surface area (Å²) in [5.74, 6) is -0.432. The summed E-state index contributed by atoms with van der Waals surface area (Å²) in [6.45, 7) is 6.68. The highest BCUT2D eigenvalue weighted by Gasteiger charge is 2.45. The number of sulfonamides is 1. The first-order valence-corrected chi connectivity index (χ1v) is 15.2. The van der Waals surface area contributed by atoms with E-state index in [9.17, 15) is 18.0 Å². The molecule has 9 nitrogen and oxygen atoms in total. The molecule has 206 valence electrons. The number of halogens is 1. The van der Waals surface area contributed by atoms with Crippen molar-refractivity contribution in [3.63, 3.8) is 0 Å². The highest BCUT2D eigenvalue weighted by molar-refractivity contribution is 7.89. The fourth-order valence-electron chi connectivity index (χ4n) is 5.70. The van der Waals surface area contributed by atoms with Crippen molar-refractivity contribution in [3.8, 4) is 0 Å². The highest BCUT2D eigenvalue weighted by atomic mass is 35.5. The Bertz CT molecular complexity index is 1290. The molecule has 2 aromatic carbocycles. The zero-order chi connectivity index (χ0) is 26.9. The van der Waals surface area contributed by atoms with E-state index in [0.29, 0.717) is 50.8 Å². The Kier molecular flexibility index (Phi) is 8.25. The Morgan fingerprint density at radius 3 is 2.47 bits per heavy atom. The Hall–Kier alpha value is -2.24. The summed E-state index contributed by atoms with van der Waals surface area (Å²) in [6, 6.07) is 8.80. The van der Waals surface area contributed by atoms with Gasteiger partial charge in [0.05, 0.1) is 18.1 Å². The van der Waals surface area contributed by atoms with Gasteiger partial charge in [0.1, 0.15) is 12.1 Å². The first kappa shape index (κ1) is 27.3. The maximum atomic E-state index is 14.1. The molecular weight excluding hydrogens is 528 g/mol. The van der Waals surface area contributed by atoms with E-state index >= 15 is 0 Å². The summed E-state index contributed by atoms with van der Waals surface area (Å²) in [6.07, 6.45) is 2.54. The number of ether oxygens (including phenoxy) is 1. The maximum absolute atomic E-state index is 14.1. The maximum Gasteiger partial charge on any atom is 0.245 e. The summed E-state index contributed by atoms with van der Waals surface area (Å²) in [5, 5.41) is 2.19. The Labute approximate surface area is 229 Å². The highest BCUT2D eigenvalue weighted by Crippen LogP contribution is 2.29. The van der Waals surface area contributed by atoms with Gasteiger partial charge < -0.3 is 19.4 Å². The smallest absolute Gasteiger partial charge is 0.245 e. The van der Waals surface area contributed by atoms with E-state index in [4.69, 9.17) is 16.3 Å². The van der Waals surface area contributed by atoms with Crippen LogP contribution in [0, 0.1) is 0 Å². The number of benzene rings is 2. The summed E-state index contributed by atoms with van der Waals surface area (Å²) in [4.78, 5) is 32.5. The van der Waals surface area contributed by atoms with Crippen LogP contribution in [0.1, 0.15) is 26.2 Å². The number of rotatable bonds is 8. The van der Waals surface area contributed by atoms with Gasteiger partial charge in [-0.2, -0.15) is 4.31 Å². The molecule has 3 fully saturated rings. The summed E-state index contributed by atoms with van der Waals surface area (Å²) in [7, 11) is -3.99. The van der Waals surface area contributed by atoms with Gasteiger partial charge in [0.2, 0.25) is 21.8 Å². The molecule has 2 atom stereocenters. The van der Waals surface area contributed by atoms with Crippen LogP contribution in [0.5, 0.6) is 0 Å². The molecule has 2 amide bonds. The lowest BCUT2D eigenvalue weighted by molar-refractivity contribution is -0.146. The average Bonchev–Trinajstić information content (AvgIpc) is 3.58. The van der Waals surface area contributed by atoms with Gasteiger partial charge in [0, 0.05) is 37.7 Å². The number of carbonyl (C=O) groups is 2. The van der Waals surface area contributed by atoms with Gasteiger partial charge >= 0.3 is 0 Å². The third kappa shape index (κ3) is 5.56. The number of hydrogen-bond donors (Lipinski definition) is 0. The Morgan fingerprint density at radius 2 is 1.74 bits per heavy atom. The van der Waals surface area contributed by atoms with Crippen molar-refractivity contribution in [1.82, 2.24) is 19.0 Å². The van der Waals surface area contributed by atoms with Gasteiger partial charge in [0.25, 0.3) is 0 Å². The predicted molar refractivity (Wildman–Crippen MR) is 146 cm³/mol. The molecule has 0 saturated carbocycles. The molecule has 2 aromatic rings. The molecular formula is C27H35ClN4O5S. The largest absolute Gasteiger partial charge is 0.378 e. The second kappa shape index (κ2) is 11.5. The molecule has 11 heteroatoms. The second-order valence-corrected chi connectivity index (χ2v) is 12.6. The van der Waals surface area contributed by atoms with Crippen molar-refractivity contribution in [1.29, 1.82) is 0 Å². The van der Waals surface area contributed by atoms with E-state index in [1.54, 1.807) is 53.1 Å². The van der Waals surface area contributed by atoms with E-state index in [-0.39, 0.29) is 23.3 Å². The van der Waals surface area contributed by atoms with Crippen molar-refractivity contribution in [2.45, 2.75) is 43.2 Å². The van der Waals surface area contributed by atoms with Crippen LogP contribution in [0.3, 0.4) is 0 Å². The summed E-state index contributed by atoms with van der Waals surface area (Å²) < 4.78 is 34.8. The minimum absolute atomic E-state index is 0.123. The summed E-state index contributed by atoms with van der Waals surface area (Å²) >= 11 is 6.11. The number of morpholine rings is 1.